The van der Waals surface area contributed by atoms with Gasteiger partial charge in [0, 0.05) is 43.8 Å². The minimum Gasteiger partial charge on any atom is -0.378 e. The molecule has 0 saturated carbocycles. The highest BCUT2D eigenvalue weighted by Crippen LogP contribution is 2.32. The highest BCUT2D eigenvalue weighted by molar-refractivity contribution is 7.91. The Balaban J connectivity index is 1.83. The summed E-state index contributed by atoms with van der Waals surface area (Å²) in [6.07, 6.45) is 3.38. The maximum Gasteiger partial charge on any atom is 0.222 e. The average Bonchev–Trinajstić information content (AvgIpc) is 2.80. The summed E-state index contributed by atoms with van der Waals surface area (Å²) in [5.41, 5.74) is 2.35. The van der Waals surface area contributed by atoms with E-state index in [0.29, 0.717) is 32.3 Å². The molecule has 8 heteroatoms. The summed E-state index contributed by atoms with van der Waals surface area (Å²) in [5.74, 6) is 0.509. The molecular formula is C21H22N4O3S. The first kappa shape index (κ1) is 19.4. The van der Waals surface area contributed by atoms with E-state index in [-0.39, 0.29) is 9.79 Å². The SMILES string of the molecule is CNc1ncc(-c2cc(N3CCOCC3)cc(S(=O)(=O)c3ccccc3)c2)cn1. The predicted molar refractivity (Wildman–Crippen MR) is 112 cm³/mol. The molecule has 3 aromatic rings. The summed E-state index contributed by atoms with van der Waals surface area (Å²) in [5, 5.41) is 2.89. The van der Waals surface area contributed by atoms with Crippen molar-refractivity contribution < 1.29 is 13.2 Å². The molecule has 1 aliphatic rings. The maximum atomic E-state index is 13.3. The summed E-state index contributed by atoms with van der Waals surface area (Å²) in [6, 6.07) is 13.9. The lowest BCUT2D eigenvalue weighted by Gasteiger charge is -2.29. The number of aromatic nitrogens is 2. The molecule has 1 fully saturated rings. The molecule has 0 aliphatic carbocycles. The standard InChI is InChI=1S/C21H22N4O3S/c1-22-21-23-14-17(15-24-21)16-11-18(25-7-9-28-10-8-25)13-20(12-16)29(26,27)19-5-3-2-4-6-19/h2-6,11-15H,7-10H2,1H3,(H,22,23,24). The average molecular weight is 410 g/mol. The van der Waals surface area contributed by atoms with Crippen molar-refractivity contribution in [1.29, 1.82) is 0 Å². The molecule has 0 radical (unpaired) electrons. The van der Waals surface area contributed by atoms with Crippen LogP contribution in [-0.2, 0) is 14.6 Å². The molecule has 2 aromatic carbocycles. The van der Waals surface area contributed by atoms with Gasteiger partial charge in [0.15, 0.2) is 0 Å². The summed E-state index contributed by atoms with van der Waals surface area (Å²) < 4.78 is 32.0. The Labute approximate surface area is 170 Å². The van der Waals surface area contributed by atoms with Crippen molar-refractivity contribution in [3.63, 3.8) is 0 Å². The first-order chi connectivity index (χ1) is 14.1. The van der Waals surface area contributed by atoms with Gasteiger partial charge >= 0.3 is 0 Å². The fourth-order valence-electron chi connectivity index (χ4n) is 3.25. The fourth-order valence-corrected chi connectivity index (χ4v) is 4.60. The first-order valence-corrected chi connectivity index (χ1v) is 10.8. The Kier molecular flexibility index (Phi) is 5.46. The van der Waals surface area contributed by atoms with E-state index >= 15 is 0 Å². The number of nitrogens with one attached hydrogen (secondary N) is 1. The van der Waals surface area contributed by atoms with Crippen molar-refractivity contribution in [1.82, 2.24) is 9.97 Å². The zero-order chi connectivity index (χ0) is 20.3. The molecule has 150 valence electrons. The van der Waals surface area contributed by atoms with Gasteiger partial charge in [-0.15, -0.1) is 0 Å². The number of nitrogens with zero attached hydrogens (tertiary/aromatic N) is 3. The van der Waals surface area contributed by atoms with Crippen LogP contribution in [0.3, 0.4) is 0 Å². The van der Waals surface area contributed by atoms with Crippen LogP contribution in [0.2, 0.25) is 0 Å². The Morgan fingerprint density at radius 2 is 1.62 bits per heavy atom. The number of anilines is 2. The van der Waals surface area contributed by atoms with E-state index in [1.807, 2.05) is 6.07 Å². The first-order valence-electron chi connectivity index (χ1n) is 9.36. The molecule has 1 aromatic heterocycles. The van der Waals surface area contributed by atoms with Gasteiger partial charge in [-0.3, -0.25) is 0 Å². The Hall–Kier alpha value is -2.97. The van der Waals surface area contributed by atoms with Crippen LogP contribution in [-0.4, -0.2) is 51.7 Å². The third-order valence-electron chi connectivity index (χ3n) is 4.84. The molecule has 0 spiro atoms. The van der Waals surface area contributed by atoms with Crippen molar-refractivity contribution in [3.05, 3.63) is 60.9 Å². The van der Waals surface area contributed by atoms with Gasteiger partial charge in [0.05, 0.1) is 23.0 Å². The van der Waals surface area contributed by atoms with Gasteiger partial charge in [-0.1, -0.05) is 18.2 Å². The monoisotopic (exact) mass is 410 g/mol. The molecule has 4 rings (SSSR count). The predicted octanol–water partition coefficient (Wildman–Crippen LogP) is 2.85. The van der Waals surface area contributed by atoms with Gasteiger partial charge in [0.2, 0.25) is 15.8 Å². The van der Waals surface area contributed by atoms with Crippen molar-refractivity contribution in [3.8, 4) is 11.1 Å². The van der Waals surface area contributed by atoms with Gasteiger partial charge in [-0.25, -0.2) is 18.4 Å². The van der Waals surface area contributed by atoms with E-state index in [9.17, 15) is 8.42 Å². The quantitative estimate of drug-likeness (QED) is 0.692. The Morgan fingerprint density at radius 3 is 2.28 bits per heavy atom. The van der Waals surface area contributed by atoms with Crippen LogP contribution < -0.4 is 10.2 Å². The lowest BCUT2D eigenvalue weighted by Crippen LogP contribution is -2.36. The summed E-state index contributed by atoms with van der Waals surface area (Å²) in [7, 11) is -1.91. The van der Waals surface area contributed by atoms with Crippen molar-refractivity contribution >= 4 is 21.5 Å². The molecule has 1 N–H and O–H groups in total. The summed E-state index contributed by atoms with van der Waals surface area (Å²) in [4.78, 5) is 11.2. The molecular weight excluding hydrogens is 388 g/mol. The molecule has 1 aliphatic heterocycles. The molecule has 0 atom stereocenters. The van der Waals surface area contributed by atoms with Crippen LogP contribution in [0.25, 0.3) is 11.1 Å². The van der Waals surface area contributed by atoms with E-state index in [1.54, 1.807) is 61.9 Å². The van der Waals surface area contributed by atoms with Gasteiger partial charge in [-0.05, 0) is 35.9 Å². The molecule has 1 saturated heterocycles. The van der Waals surface area contributed by atoms with Gasteiger partial charge in [0.25, 0.3) is 0 Å². The second-order valence-electron chi connectivity index (χ2n) is 6.68. The van der Waals surface area contributed by atoms with E-state index < -0.39 is 9.84 Å². The third kappa shape index (κ3) is 4.08. The number of hydrogen-bond acceptors (Lipinski definition) is 7. The lowest BCUT2D eigenvalue weighted by atomic mass is 10.1. The zero-order valence-electron chi connectivity index (χ0n) is 16.1. The maximum absolute atomic E-state index is 13.3. The van der Waals surface area contributed by atoms with Crippen LogP contribution >= 0.6 is 0 Å². The van der Waals surface area contributed by atoms with E-state index in [1.165, 1.54) is 0 Å². The molecule has 29 heavy (non-hydrogen) atoms. The second kappa shape index (κ2) is 8.18. The Morgan fingerprint density at radius 1 is 0.931 bits per heavy atom. The van der Waals surface area contributed by atoms with Crippen molar-refractivity contribution in [2.45, 2.75) is 9.79 Å². The van der Waals surface area contributed by atoms with Gasteiger partial charge < -0.3 is 15.0 Å². The van der Waals surface area contributed by atoms with Crippen LogP contribution in [0, 0.1) is 0 Å². The number of rotatable bonds is 5. The van der Waals surface area contributed by atoms with E-state index in [4.69, 9.17) is 4.74 Å². The van der Waals surface area contributed by atoms with E-state index in [2.05, 4.69) is 20.2 Å². The molecule has 0 bridgehead atoms. The minimum atomic E-state index is -3.65. The zero-order valence-corrected chi connectivity index (χ0v) is 16.9. The lowest BCUT2D eigenvalue weighted by molar-refractivity contribution is 0.122. The van der Waals surface area contributed by atoms with E-state index in [0.717, 1.165) is 16.8 Å². The molecule has 2 heterocycles. The van der Waals surface area contributed by atoms with Crippen molar-refractivity contribution in [2.75, 3.05) is 43.6 Å². The smallest absolute Gasteiger partial charge is 0.222 e. The van der Waals surface area contributed by atoms with Gasteiger partial charge in [0.1, 0.15) is 0 Å². The van der Waals surface area contributed by atoms with Gasteiger partial charge in [-0.2, -0.15) is 0 Å². The molecule has 0 amide bonds. The number of ether oxygens (including phenoxy) is 1. The fraction of sp³-hybridized carbons (Fsp3) is 0.238. The minimum absolute atomic E-state index is 0.250. The Bertz CT molecular complexity index is 1080. The normalized spacial score (nSPS) is 14.6. The number of sulfone groups is 1. The third-order valence-corrected chi connectivity index (χ3v) is 6.59. The second-order valence-corrected chi connectivity index (χ2v) is 8.63. The summed E-state index contributed by atoms with van der Waals surface area (Å²) in [6.45, 7) is 2.66. The number of morpholine rings is 1. The highest BCUT2D eigenvalue weighted by atomic mass is 32.2. The molecule has 7 nitrogen and oxygen atoms in total. The largest absolute Gasteiger partial charge is 0.378 e. The highest BCUT2D eigenvalue weighted by Gasteiger charge is 2.21. The van der Waals surface area contributed by atoms with Crippen LogP contribution in [0.1, 0.15) is 0 Å². The summed E-state index contributed by atoms with van der Waals surface area (Å²) >= 11 is 0. The topological polar surface area (TPSA) is 84.4 Å². The van der Waals surface area contributed by atoms with Crippen LogP contribution in [0.5, 0.6) is 0 Å². The van der Waals surface area contributed by atoms with Crippen molar-refractivity contribution in [2.24, 2.45) is 0 Å². The van der Waals surface area contributed by atoms with Crippen LogP contribution in [0.15, 0.2) is 70.7 Å². The number of hydrogen-bond donors (Lipinski definition) is 1. The molecule has 0 unspecified atom stereocenters. The van der Waals surface area contributed by atoms with Crippen LogP contribution in [0.4, 0.5) is 11.6 Å². The number of benzene rings is 2.